The van der Waals surface area contributed by atoms with Gasteiger partial charge in [0.2, 0.25) is 17.3 Å². The predicted octanol–water partition coefficient (Wildman–Crippen LogP) is -1.42. The summed E-state index contributed by atoms with van der Waals surface area (Å²) >= 11 is 0. The first kappa shape index (κ1) is 41.1. The quantitative estimate of drug-likeness (QED) is 0.0765. The van der Waals surface area contributed by atoms with Gasteiger partial charge >= 0.3 is 11.9 Å². The van der Waals surface area contributed by atoms with Gasteiger partial charge in [-0.1, -0.05) is 0 Å². The molecule has 9 atom stereocenters. The van der Waals surface area contributed by atoms with Crippen LogP contribution in [-0.2, 0) is 33.3 Å². The molecule has 2 aliphatic heterocycles. The van der Waals surface area contributed by atoms with Crippen LogP contribution in [0.5, 0.6) is 34.5 Å². The number of carbonyl (C=O) groups excluding carboxylic acids is 2. The van der Waals surface area contributed by atoms with Gasteiger partial charge in [-0.25, -0.2) is 9.59 Å². The average Bonchev–Trinajstić information content (AvgIpc) is 3.42. The van der Waals surface area contributed by atoms with Crippen molar-refractivity contribution in [1.82, 2.24) is 0 Å². The molecule has 2 aromatic carbocycles. The van der Waals surface area contributed by atoms with E-state index in [1.54, 1.807) is 0 Å². The third kappa shape index (κ3) is 9.10. The smallest absolute Gasteiger partial charge is 0.331 e. The number of rotatable bonds is 15. The van der Waals surface area contributed by atoms with E-state index < -0.39 is 86.6 Å². The maximum Gasteiger partial charge on any atom is 0.331 e. The Balaban J connectivity index is 1.66. The number of methoxy groups -OCH3 is 4. The Morgan fingerprint density at radius 2 is 1.17 bits per heavy atom. The normalized spacial score (nSPS) is 28.6. The molecule has 2 aromatic rings. The fraction of sp³-hybridized carbons (Fsp3) is 0.471. The van der Waals surface area contributed by atoms with Crippen LogP contribution in [0.4, 0.5) is 0 Å². The van der Waals surface area contributed by atoms with Crippen LogP contribution in [0, 0.1) is 0 Å². The molecular formula is C34H42O19. The molecule has 4 rings (SSSR count). The summed E-state index contributed by atoms with van der Waals surface area (Å²) in [5.41, 5.74) is 0.634. The fourth-order valence-electron chi connectivity index (χ4n) is 5.49. The molecule has 0 aliphatic carbocycles. The minimum absolute atomic E-state index is 0.0225. The second-order valence-electron chi connectivity index (χ2n) is 11.6. The summed E-state index contributed by atoms with van der Waals surface area (Å²) < 4.78 is 48.4. The number of carbonyl (C=O) groups is 2. The van der Waals surface area contributed by atoms with Crippen molar-refractivity contribution in [1.29, 1.82) is 0 Å². The molecule has 2 saturated heterocycles. The van der Waals surface area contributed by atoms with Crippen LogP contribution < -0.4 is 18.9 Å². The van der Waals surface area contributed by atoms with E-state index in [9.17, 15) is 50.4 Å². The van der Waals surface area contributed by atoms with Gasteiger partial charge in [0, 0.05) is 12.2 Å². The maximum atomic E-state index is 13.2. The SMILES string of the molecule is COc1cc(/C=C/C(=O)OC[C@@]2(O[C@H]3O[C@H](CO)[C@@H](O)[C@@H](O)[C@H]3O)O[C@@H](CO)[C@H](O)[C@@H]2OC(=O)/C=C/c2cc(OC)c(O)c(OC)c2)cc(OC)c1O. The molecule has 2 aliphatic rings. The summed E-state index contributed by atoms with van der Waals surface area (Å²) in [6.07, 6.45) is -10.1. The Morgan fingerprint density at radius 3 is 1.62 bits per heavy atom. The zero-order valence-corrected chi connectivity index (χ0v) is 28.9. The van der Waals surface area contributed by atoms with E-state index >= 15 is 0 Å². The van der Waals surface area contributed by atoms with Gasteiger partial charge in [-0.3, -0.25) is 0 Å². The molecule has 0 spiro atoms. The number of aromatic hydroxyl groups is 2. The lowest BCUT2D eigenvalue weighted by molar-refractivity contribution is -0.383. The first-order chi connectivity index (χ1) is 25.3. The molecule has 2 heterocycles. The van der Waals surface area contributed by atoms with Gasteiger partial charge in [0.25, 0.3) is 0 Å². The zero-order chi connectivity index (χ0) is 39.0. The van der Waals surface area contributed by atoms with Crippen molar-refractivity contribution in [2.45, 2.75) is 54.8 Å². The Kier molecular flexibility index (Phi) is 13.9. The molecule has 0 unspecified atom stereocenters. The van der Waals surface area contributed by atoms with E-state index in [0.29, 0.717) is 11.1 Å². The lowest BCUT2D eigenvalue weighted by atomic mass is 9.99. The lowest BCUT2D eigenvalue weighted by Gasteiger charge is -2.43. The van der Waals surface area contributed by atoms with Gasteiger partial charge in [-0.2, -0.15) is 0 Å². The Bertz CT molecular complexity index is 1590. The first-order valence-corrected chi connectivity index (χ1v) is 15.8. The van der Waals surface area contributed by atoms with Crippen molar-refractivity contribution < 1.29 is 93.1 Å². The van der Waals surface area contributed by atoms with Crippen LogP contribution in [0.2, 0.25) is 0 Å². The Labute approximate surface area is 302 Å². The summed E-state index contributed by atoms with van der Waals surface area (Å²) in [6.45, 7) is -2.73. The minimum Gasteiger partial charge on any atom is -0.502 e. The van der Waals surface area contributed by atoms with Crippen molar-refractivity contribution in [3.63, 3.8) is 0 Å². The van der Waals surface area contributed by atoms with Crippen LogP contribution in [-0.4, -0.2) is 156 Å². The number of esters is 2. The van der Waals surface area contributed by atoms with E-state index in [0.717, 1.165) is 12.2 Å². The number of hydrogen-bond acceptors (Lipinski definition) is 19. The Hall–Kier alpha value is -4.70. The maximum absolute atomic E-state index is 13.2. The third-order valence-electron chi connectivity index (χ3n) is 8.31. The predicted molar refractivity (Wildman–Crippen MR) is 177 cm³/mol. The minimum atomic E-state index is -2.57. The van der Waals surface area contributed by atoms with E-state index in [2.05, 4.69) is 0 Å². The van der Waals surface area contributed by atoms with Crippen LogP contribution in [0.25, 0.3) is 12.2 Å². The molecule has 0 radical (unpaired) electrons. The zero-order valence-electron chi connectivity index (χ0n) is 28.9. The first-order valence-electron chi connectivity index (χ1n) is 15.8. The summed E-state index contributed by atoms with van der Waals surface area (Å²) in [6, 6.07) is 5.53. The van der Waals surface area contributed by atoms with Crippen LogP contribution >= 0.6 is 0 Å². The highest BCUT2D eigenvalue weighted by atomic mass is 16.8. The number of aliphatic hydroxyl groups excluding tert-OH is 6. The number of phenols is 2. The van der Waals surface area contributed by atoms with Crippen LogP contribution in [0.3, 0.4) is 0 Å². The second kappa shape index (κ2) is 17.9. The van der Waals surface area contributed by atoms with Crippen molar-refractivity contribution in [2.75, 3.05) is 48.3 Å². The van der Waals surface area contributed by atoms with E-state index in [1.165, 1.54) is 64.9 Å². The van der Waals surface area contributed by atoms with Gasteiger partial charge < -0.3 is 83.5 Å². The van der Waals surface area contributed by atoms with Crippen molar-refractivity contribution in [2.24, 2.45) is 0 Å². The average molecular weight is 755 g/mol. The van der Waals surface area contributed by atoms with Crippen molar-refractivity contribution in [3.05, 3.63) is 47.5 Å². The summed E-state index contributed by atoms with van der Waals surface area (Å²) in [5.74, 6) is -5.21. The number of phenolic OH excluding ortho intramolecular Hbond substituents is 2. The van der Waals surface area contributed by atoms with Gasteiger partial charge in [0.15, 0.2) is 35.4 Å². The number of benzene rings is 2. The van der Waals surface area contributed by atoms with Gasteiger partial charge in [-0.05, 0) is 47.5 Å². The Morgan fingerprint density at radius 1 is 0.698 bits per heavy atom. The molecular weight excluding hydrogens is 712 g/mol. The molecule has 2 fully saturated rings. The molecule has 0 bridgehead atoms. The number of hydrogen-bond donors (Lipinski definition) is 8. The molecule has 8 N–H and O–H groups in total. The number of ether oxygens (including phenoxy) is 9. The van der Waals surface area contributed by atoms with E-state index in [-0.39, 0.29) is 34.5 Å². The summed E-state index contributed by atoms with van der Waals surface area (Å²) in [5, 5.41) is 82.6. The molecule has 292 valence electrons. The van der Waals surface area contributed by atoms with Gasteiger partial charge in [0.1, 0.15) is 43.2 Å². The molecule has 19 heteroatoms. The largest absolute Gasteiger partial charge is 0.502 e. The summed E-state index contributed by atoms with van der Waals surface area (Å²) in [4.78, 5) is 26.2. The van der Waals surface area contributed by atoms with E-state index in [4.69, 9.17) is 42.6 Å². The fourth-order valence-corrected chi connectivity index (χ4v) is 5.49. The number of aliphatic hydroxyl groups is 6. The van der Waals surface area contributed by atoms with Crippen LogP contribution in [0.1, 0.15) is 11.1 Å². The van der Waals surface area contributed by atoms with Crippen molar-refractivity contribution in [3.8, 4) is 34.5 Å². The summed E-state index contributed by atoms with van der Waals surface area (Å²) in [7, 11) is 5.21. The molecule has 19 nitrogen and oxygen atoms in total. The van der Waals surface area contributed by atoms with Gasteiger partial charge in [-0.15, -0.1) is 0 Å². The van der Waals surface area contributed by atoms with Crippen molar-refractivity contribution >= 4 is 24.1 Å². The third-order valence-corrected chi connectivity index (χ3v) is 8.31. The van der Waals surface area contributed by atoms with E-state index in [1.807, 2.05) is 0 Å². The molecule has 53 heavy (non-hydrogen) atoms. The molecule has 0 amide bonds. The molecule has 0 aromatic heterocycles. The highest BCUT2D eigenvalue weighted by molar-refractivity contribution is 5.88. The highest BCUT2D eigenvalue weighted by Gasteiger charge is 2.61. The second-order valence-corrected chi connectivity index (χ2v) is 11.6. The van der Waals surface area contributed by atoms with Crippen LogP contribution in [0.15, 0.2) is 36.4 Å². The molecule has 0 saturated carbocycles. The topological polar surface area (TPSA) is 279 Å². The standard InChI is InChI=1S/C34H42O19/c1-45-18-9-16(10-19(46-2)26(18)39)5-7-24(37)49-15-34(53-33-31(44)30(43)28(41)22(13-35)50-33)32(29(42)23(14-36)52-34)51-25(38)8-6-17-11-20(47-3)27(40)21(12-17)48-4/h5-12,22-23,28-33,35-36,39-44H,13-15H2,1-4H3/b7-5+,8-6+/t22-,23+,28-,29+,30-,31-,32+,33-,34+/m1/s1. The van der Waals surface area contributed by atoms with Gasteiger partial charge in [0.05, 0.1) is 41.7 Å². The lowest BCUT2D eigenvalue weighted by Crippen LogP contribution is -2.63. The highest BCUT2D eigenvalue weighted by Crippen LogP contribution is 2.40. The monoisotopic (exact) mass is 754 g/mol.